The molecule has 2 aromatic rings. The van der Waals surface area contributed by atoms with Crippen LogP contribution in [0.4, 0.5) is 0 Å². The largest absolute Gasteiger partial charge is 0.387 e. The van der Waals surface area contributed by atoms with E-state index in [1.54, 1.807) is 13.8 Å². The van der Waals surface area contributed by atoms with Gasteiger partial charge in [-0.1, -0.05) is 27.2 Å². The fourth-order valence-corrected chi connectivity index (χ4v) is 4.48. The van der Waals surface area contributed by atoms with Gasteiger partial charge in [0, 0.05) is 5.92 Å². The molecule has 0 bridgehead atoms. The van der Waals surface area contributed by atoms with Crippen molar-refractivity contribution in [2.75, 3.05) is 12.4 Å². The van der Waals surface area contributed by atoms with Gasteiger partial charge in [0.2, 0.25) is 0 Å². The van der Waals surface area contributed by atoms with Crippen LogP contribution in [0.25, 0.3) is 11.2 Å². The van der Waals surface area contributed by atoms with Gasteiger partial charge in [-0.2, -0.15) is 8.42 Å². The third-order valence-corrected chi connectivity index (χ3v) is 7.02. The van der Waals surface area contributed by atoms with Crippen LogP contribution in [-0.2, 0) is 23.8 Å². The van der Waals surface area contributed by atoms with E-state index < -0.39 is 58.7 Å². The molecule has 2 N–H and O–H groups in total. The number of ketones is 1. The number of aromatic nitrogens is 4. The molecule has 0 spiro atoms. The van der Waals surface area contributed by atoms with Gasteiger partial charge in [0.15, 0.2) is 17.7 Å². The molecule has 2 aromatic heterocycles. The van der Waals surface area contributed by atoms with Crippen molar-refractivity contribution in [1.82, 2.24) is 19.5 Å². The van der Waals surface area contributed by atoms with Gasteiger partial charge in [0.1, 0.15) is 35.9 Å². The van der Waals surface area contributed by atoms with Crippen LogP contribution < -0.4 is 0 Å². The fourth-order valence-electron chi connectivity index (χ4n) is 3.44. The van der Waals surface area contributed by atoms with Gasteiger partial charge in [-0.3, -0.25) is 13.5 Å². The van der Waals surface area contributed by atoms with E-state index in [1.165, 1.54) is 17.2 Å². The van der Waals surface area contributed by atoms with E-state index >= 15 is 0 Å². The number of aryl methyl sites for hydroxylation is 1. The first-order valence-electron chi connectivity index (χ1n) is 10.1. The van der Waals surface area contributed by atoms with Crippen molar-refractivity contribution >= 4 is 27.1 Å². The zero-order chi connectivity index (χ0) is 22.9. The van der Waals surface area contributed by atoms with Gasteiger partial charge in [-0.25, -0.2) is 15.0 Å². The summed E-state index contributed by atoms with van der Waals surface area (Å²) in [6.07, 6.45) is -1.44. The van der Waals surface area contributed by atoms with E-state index in [9.17, 15) is 23.4 Å². The zero-order valence-electron chi connectivity index (χ0n) is 17.9. The second kappa shape index (κ2) is 9.25. The summed E-state index contributed by atoms with van der Waals surface area (Å²) >= 11 is 0. The number of carbonyl (C=O) groups is 1. The predicted molar refractivity (Wildman–Crippen MR) is 109 cm³/mol. The molecule has 1 aliphatic rings. The Balaban J connectivity index is 1.66. The Bertz CT molecular complexity index is 1040. The summed E-state index contributed by atoms with van der Waals surface area (Å²) in [5.74, 6) is -1.55. The summed E-state index contributed by atoms with van der Waals surface area (Å²) in [7, 11) is -4.17. The van der Waals surface area contributed by atoms with Crippen molar-refractivity contribution in [2.24, 2.45) is 11.8 Å². The molecule has 0 aromatic carbocycles. The number of fused-ring (bicyclic) bond motifs is 1. The monoisotopic (exact) mass is 456 g/mol. The number of hydrogen-bond acceptors (Lipinski definition) is 10. The van der Waals surface area contributed by atoms with Crippen molar-refractivity contribution in [1.29, 1.82) is 0 Å². The lowest BCUT2D eigenvalue weighted by atomic mass is 9.91. The smallest absolute Gasteiger partial charge is 0.274 e. The number of ether oxygens (including phenoxy) is 1. The minimum Gasteiger partial charge on any atom is -0.387 e. The summed E-state index contributed by atoms with van der Waals surface area (Å²) in [6.45, 7) is 6.72. The minimum absolute atomic E-state index is 0.0519. The average molecular weight is 457 g/mol. The van der Waals surface area contributed by atoms with E-state index in [0.29, 0.717) is 16.9 Å². The summed E-state index contributed by atoms with van der Waals surface area (Å²) in [4.78, 5) is 24.6. The van der Waals surface area contributed by atoms with Gasteiger partial charge in [-0.05, 0) is 12.8 Å². The van der Waals surface area contributed by atoms with Crippen molar-refractivity contribution in [3.63, 3.8) is 0 Å². The number of aliphatic hydroxyl groups is 2. The minimum atomic E-state index is -4.17. The molecule has 0 amide bonds. The van der Waals surface area contributed by atoms with Crippen LogP contribution in [0.1, 0.15) is 39.1 Å². The number of hydrogen-bond donors (Lipinski definition) is 2. The van der Waals surface area contributed by atoms with Crippen LogP contribution in [0.5, 0.6) is 0 Å². The Hall–Kier alpha value is -1.99. The Morgan fingerprint density at radius 2 is 1.97 bits per heavy atom. The molecule has 0 aliphatic carbocycles. The molecule has 0 radical (unpaired) electrons. The molecular formula is C19H28N4O7S. The van der Waals surface area contributed by atoms with Crippen molar-refractivity contribution in [3.8, 4) is 0 Å². The molecule has 6 atom stereocenters. The molecule has 1 saturated heterocycles. The van der Waals surface area contributed by atoms with E-state index in [-0.39, 0.29) is 5.92 Å². The summed E-state index contributed by atoms with van der Waals surface area (Å²) in [5, 5.41) is 20.8. The van der Waals surface area contributed by atoms with E-state index in [1.807, 2.05) is 13.8 Å². The molecule has 0 saturated carbocycles. The molecule has 3 rings (SSSR count). The Morgan fingerprint density at radius 3 is 2.65 bits per heavy atom. The third-order valence-electron chi connectivity index (χ3n) is 5.89. The number of nitrogens with zero attached hydrogens (tertiary/aromatic N) is 4. The SMILES string of the molecule is CC[C@H](C)[C@H](C)C(=O)CS(=O)(=O)OC[C@H]1O[C@@H](n2cnc3c(C)ncnc32)[C@H](O)[C@H]1O. The molecule has 12 heteroatoms. The second-order valence-corrected chi connectivity index (χ2v) is 9.60. The highest BCUT2D eigenvalue weighted by Crippen LogP contribution is 2.32. The Morgan fingerprint density at radius 1 is 1.26 bits per heavy atom. The van der Waals surface area contributed by atoms with Crippen molar-refractivity contribution in [2.45, 2.75) is 58.7 Å². The van der Waals surface area contributed by atoms with Crippen LogP contribution in [0.15, 0.2) is 12.7 Å². The first-order valence-corrected chi connectivity index (χ1v) is 11.7. The normalized spacial score (nSPS) is 26.3. The number of aliphatic hydroxyl groups excluding tert-OH is 2. The van der Waals surface area contributed by atoms with Crippen LogP contribution in [0.3, 0.4) is 0 Å². The molecule has 31 heavy (non-hydrogen) atoms. The standard InChI is InChI=1S/C19H28N4O7S/c1-5-10(2)11(3)13(24)7-31(27,28)29-6-14-16(25)17(26)19(30-14)23-9-22-15-12(4)20-8-21-18(15)23/h8-11,14,16-17,19,25-26H,5-7H2,1-4H3/t10-,11-,14+,16-,17+,19+/m0/s1. The number of carbonyl (C=O) groups excluding carboxylic acids is 1. The maximum atomic E-state index is 12.2. The van der Waals surface area contributed by atoms with Gasteiger partial charge >= 0.3 is 0 Å². The van der Waals surface area contributed by atoms with E-state index in [4.69, 9.17) is 8.92 Å². The molecule has 1 fully saturated rings. The van der Waals surface area contributed by atoms with Crippen LogP contribution >= 0.6 is 0 Å². The lowest BCUT2D eigenvalue weighted by Crippen LogP contribution is -2.35. The van der Waals surface area contributed by atoms with E-state index in [0.717, 1.165) is 6.42 Å². The van der Waals surface area contributed by atoms with Gasteiger partial charge < -0.3 is 14.9 Å². The summed E-state index contributed by atoms with van der Waals surface area (Å²) in [5.41, 5.74) is 1.56. The quantitative estimate of drug-likeness (QED) is 0.505. The maximum absolute atomic E-state index is 12.2. The average Bonchev–Trinajstić information content (AvgIpc) is 3.27. The number of Topliss-reactive ketones (excluding diaryl/α,β-unsaturated/α-hetero) is 1. The lowest BCUT2D eigenvalue weighted by Gasteiger charge is -2.18. The number of rotatable bonds is 9. The maximum Gasteiger partial charge on any atom is 0.274 e. The first kappa shape index (κ1) is 23.7. The van der Waals surface area contributed by atoms with Crippen molar-refractivity contribution in [3.05, 3.63) is 18.3 Å². The molecule has 11 nitrogen and oxygen atoms in total. The van der Waals surface area contributed by atoms with Crippen LogP contribution in [0.2, 0.25) is 0 Å². The first-order chi connectivity index (χ1) is 14.6. The Kier molecular flexibility index (Phi) is 7.06. The molecule has 1 aliphatic heterocycles. The molecular weight excluding hydrogens is 428 g/mol. The highest BCUT2D eigenvalue weighted by Gasteiger charge is 2.45. The highest BCUT2D eigenvalue weighted by molar-refractivity contribution is 7.87. The Labute approximate surface area is 180 Å². The molecule has 0 unspecified atom stereocenters. The summed E-state index contributed by atoms with van der Waals surface area (Å²) in [6, 6.07) is 0. The molecule has 172 valence electrons. The zero-order valence-corrected chi connectivity index (χ0v) is 18.7. The van der Waals surface area contributed by atoms with E-state index in [2.05, 4.69) is 15.0 Å². The fraction of sp³-hybridized carbons (Fsp3) is 0.684. The predicted octanol–water partition coefficient (Wildman–Crippen LogP) is 0.352. The van der Waals surface area contributed by atoms with Gasteiger partial charge in [-0.15, -0.1) is 0 Å². The topological polar surface area (TPSA) is 154 Å². The van der Waals surface area contributed by atoms with Crippen LogP contribution in [-0.4, -0.2) is 74.6 Å². The van der Waals surface area contributed by atoms with Crippen LogP contribution in [0, 0.1) is 18.8 Å². The summed E-state index contributed by atoms with van der Waals surface area (Å²) < 4.78 is 36.6. The lowest BCUT2D eigenvalue weighted by molar-refractivity contribution is -0.121. The van der Waals surface area contributed by atoms with Crippen molar-refractivity contribution < 1.29 is 32.3 Å². The van der Waals surface area contributed by atoms with Gasteiger partial charge in [0.25, 0.3) is 10.1 Å². The second-order valence-electron chi connectivity index (χ2n) is 7.96. The number of imidazole rings is 1. The van der Waals surface area contributed by atoms with Gasteiger partial charge in [0.05, 0.1) is 18.6 Å². The third kappa shape index (κ3) is 4.93. The molecule has 3 heterocycles. The highest BCUT2D eigenvalue weighted by atomic mass is 32.2.